The van der Waals surface area contributed by atoms with Crippen LogP contribution in [-0.4, -0.2) is 11.9 Å². The van der Waals surface area contributed by atoms with E-state index in [1.807, 2.05) is 0 Å². The van der Waals surface area contributed by atoms with Gasteiger partial charge in [-0.3, -0.25) is 4.79 Å². The van der Waals surface area contributed by atoms with Crippen LogP contribution in [0.15, 0.2) is 66.7 Å². The average molecular weight is 399 g/mol. The van der Waals surface area contributed by atoms with E-state index >= 15 is 0 Å². The fraction of sp³-hybridized carbons (Fsp3) is 0. The Labute approximate surface area is 165 Å². The van der Waals surface area contributed by atoms with E-state index in [2.05, 4.69) is 16.0 Å². The molecule has 3 aromatic carbocycles. The maximum Gasteiger partial charge on any atom is 0.323 e. The minimum Gasteiger partial charge on any atom is -0.397 e. The molecule has 0 aliphatic rings. The summed E-state index contributed by atoms with van der Waals surface area (Å²) in [6.45, 7) is 0. The number of hydrogen-bond acceptors (Lipinski definition) is 3. The summed E-state index contributed by atoms with van der Waals surface area (Å²) in [5.41, 5.74) is 8.02. The molecule has 28 heavy (non-hydrogen) atoms. The van der Waals surface area contributed by atoms with Crippen molar-refractivity contribution < 1.29 is 14.0 Å². The average Bonchev–Trinajstić information content (AvgIpc) is 2.67. The van der Waals surface area contributed by atoms with Crippen molar-refractivity contribution in [1.29, 1.82) is 0 Å². The van der Waals surface area contributed by atoms with Gasteiger partial charge in [-0.15, -0.1) is 0 Å². The van der Waals surface area contributed by atoms with Crippen molar-refractivity contribution in [1.82, 2.24) is 0 Å². The Bertz CT molecular complexity index is 1020. The zero-order valence-electron chi connectivity index (χ0n) is 14.5. The summed E-state index contributed by atoms with van der Waals surface area (Å²) in [5, 5.41) is 7.78. The maximum absolute atomic E-state index is 13.1. The maximum atomic E-state index is 13.1. The lowest BCUT2D eigenvalue weighted by atomic mass is 10.2. The fourth-order valence-corrected chi connectivity index (χ4v) is 2.56. The number of nitrogens with one attached hydrogen (secondary N) is 3. The number of halogens is 2. The van der Waals surface area contributed by atoms with Gasteiger partial charge in [0.25, 0.3) is 5.91 Å². The van der Waals surface area contributed by atoms with Gasteiger partial charge in [-0.1, -0.05) is 23.7 Å². The van der Waals surface area contributed by atoms with E-state index in [0.717, 1.165) is 6.07 Å². The van der Waals surface area contributed by atoms with E-state index in [0.29, 0.717) is 28.3 Å². The molecule has 142 valence electrons. The zero-order valence-corrected chi connectivity index (χ0v) is 15.3. The third-order valence-electron chi connectivity index (χ3n) is 3.79. The summed E-state index contributed by atoms with van der Waals surface area (Å²) < 4.78 is 13.1. The van der Waals surface area contributed by atoms with Gasteiger partial charge in [0.05, 0.1) is 16.4 Å². The number of amides is 3. The molecule has 0 aliphatic carbocycles. The summed E-state index contributed by atoms with van der Waals surface area (Å²) in [6.07, 6.45) is 0. The number of benzene rings is 3. The Morgan fingerprint density at radius 1 is 0.857 bits per heavy atom. The molecule has 0 saturated carbocycles. The number of urea groups is 1. The lowest BCUT2D eigenvalue weighted by Gasteiger charge is -2.10. The first kappa shape index (κ1) is 19.2. The van der Waals surface area contributed by atoms with Crippen molar-refractivity contribution in [2.45, 2.75) is 0 Å². The summed E-state index contributed by atoms with van der Waals surface area (Å²) in [4.78, 5) is 24.3. The molecule has 0 heterocycles. The predicted octanol–water partition coefficient (Wildman–Crippen LogP) is 4.96. The van der Waals surface area contributed by atoms with Gasteiger partial charge in [-0.2, -0.15) is 0 Å². The van der Waals surface area contributed by atoms with E-state index in [1.165, 1.54) is 12.1 Å². The molecule has 8 heteroatoms. The second-order valence-corrected chi connectivity index (χ2v) is 6.23. The largest absolute Gasteiger partial charge is 0.397 e. The first-order valence-electron chi connectivity index (χ1n) is 8.21. The number of anilines is 4. The SMILES string of the molecule is Nc1ccccc1NC(=O)c1ccc(NC(=O)Nc2ccc(F)c(Cl)c2)cc1. The number of para-hydroxylation sites is 2. The number of nitrogens with two attached hydrogens (primary N) is 1. The fourth-order valence-electron chi connectivity index (χ4n) is 2.38. The van der Waals surface area contributed by atoms with Crippen molar-refractivity contribution in [2.24, 2.45) is 0 Å². The Morgan fingerprint density at radius 2 is 1.50 bits per heavy atom. The van der Waals surface area contributed by atoms with Gasteiger partial charge in [-0.05, 0) is 54.6 Å². The Hall–Kier alpha value is -3.58. The summed E-state index contributed by atoms with van der Waals surface area (Å²) in [7, 11) is 0. The van der Waals surface area contributed by atoms with Gasteiger partial charge in [0.2, 0.25) is 0 Å². The number of carbonyl (C=O) groups excluding carboxylic acids is 2. The van der Waals surface area contributed by atoms with Gasteiger partial charge in [-0.25, -0.2) is 9.18 Å². The molecule has 6 nitrogen and oxygen atoms in total. The van der Waals surface area contributed by atoms with Crippen LogP contribution in [0.2, 0.25) is 5.02 Å². The molecular weight excluding hydrogens is 383 g/mol. The van der Waals surface area contributed by atoms with Crippen LogP contribution >= 0.6 is 11.6 Å². The van der Waals surface area contributed by atoms with Crippen LogP contribution in [0, 0.1) is 5.82 Å². The minimum atomic E-state index is -0.571. The molecule has 0 bridgehead atoms. The van der Waals surface area contributed by atoms with Crippen LogP contribution in [0.3, 0.4) is 0 Å². The highest BCUT2D eigenvalue weighted by Gasteiger charge is 2.09. The van der Waals surface area contributed by atoms with Crippen LogP contribution in [0.1, 0.15) is 10.4 Å². The molecule has 0 aromatic heterocycles. The highest BCUT2D eigenvalue weighted by Crippen LogP contribution is 2.20. The molecule has 0 unspecified atom stereocenters. The second kappa shape index (κ2) is 8.41. The summed E-state index contributed by atoms with van der Waals surface area (Å²) >= 11 is 5.68. The Kier molecular flexibility index (Phi) is 5.76. The summed E-state index contributed by atoms with van der Waals surface area (Å²) in [5.74, 6) is -0.895. The highest BCUT2D eigenvalue weighted by atomic mass is 35.5. The normalized spacial score (nSPS) is 10.2. The molecule has 0 saturated heterocycles. The first-order valence-corrected chi connectivity index (χ1v) is 8.59. The Balaban J connectivity index is 1.60. The number of nitrogen functional groups attached to an aromatic ring is 1. The van der Waals surface area contributed by atoms with E-state index in [9.17, 15) is 14.0 Å². The third-order valence-corrected chi connectivity index (χ3v) is 4.08. The van der Waals surface area contributed by atoms with Gasteiger partial charge in [0, 0.05) is 16.9 Å². The monoisotopic (exact) mass is 398 g/mol. The smallest absolute Gasteiger partial charge is 0.323 e. The van der Waals surface area contributed by atoms with Crippen molar-refractivity contribution in [3.05, 3.63) is 83.1 Å². The van der Waals surface area contributed by atoms with Crippen LogP contribution in [-0.2, 0) is 0 Å². The lowest BCUT2D eigenvalue weighted by Crippen LogP contribution is -2.19. The van der Waals surface area contributed by atoms with Gasteiger partial charge < -0.3 is 21.7 Å². The number of hydrogen-bond donors (Lipinski definition) is 4. The molecule has 0 radical (unpaired) electrons. The van der Waals surface area contributed by atoms with E-state index < -0.39 is 11.8 Å². The highest BCUT2D eigenvalue weighted by molar-refractivity contribution is 6.31. The van der Waals surface area contributed by atoms with E-state index in [-0.39, 0.29) is 10.9 Å². The first-order chi connectivity index (χ1) is 13.4. The third kappa shape index (κ3) is 4.77. The topological polar surface area (TPSA) is 96.2 Å². The zero-order chi connectivity index (χ0) is 20.1. The molecule has 0 fully saturated rings. The second-order valence-electron chi connectivity index (χ2n) is 5.83. The molecule has 3 rings (SSSR count). The minimum absolute atomic E-state index is 0.0905. The van der Waals surface area contributed by atoms with Crippen molar-refractivity contribution >= 4 is 46.3 Å². The van der Waals surface area contributed by atoms with Gasteiger partial charge in [0.1, 0.15) is 5.82 Å². The van der Waals surface area contributed by atoms with Gasteiger partial charge in [0.15, 0.2) is 0 Å². The molecule has 0 spiro atoms. The molecule has 3 amide bonds. The van der Waals surface area contributed by atoms with Crippen LogP contribution in [0.4, 0.5) is 31.9 Å². The molecule has 5 N–H and O–H groups in total. The summed E-state index contributed by atoms with van der Waals surface area (Å²) in [6, 6.07) is 16.6. The molecule has 0 aliphatic heterocycles. The van der Waals surface area contributed by atoms with Crippen molar-refractivity contribution in [2.75, 3.05) is 21.7 Å². The predicted molar refractivity (Wildman–Crippen MR) is 109 cm³/mol. The quantitative estimate of drug-likeness (QED) is 0.468. The van der Waals surface area contributed by atoms with Crippen LogP contribution in [0.5, 0.6) is 0 Å². The van der Waals surface area contributed by atoms with E-state index in [4.69, 9.17) is 17.3 Å². The van der Waals surface area contributed by atoms with Crippen molar-refractivity contribution in [3.8, 4) is 0 Å². The molecular formula is C20H16ClFN4O2. The van der Waals surface area contributed by atoms with Gasteiger partial charge >= 0.3 is 6.03 Å². The van der Waals surface area contributed by atoms with Crippen molar-refractivity contribution in [3.63, 3.8) is 0 Å². The van der Waals surface area contributed by atoms with Crippen LogP contribution in [0.25, 0.3) is 0 Å². The molecule has 3 aromatic rings. The standard InChI is InChI=1S/C20H16ClFN4O2/c21-15-11-14(9-10-16(15)22)25-20(28)24-13-7-5-12(6-8-13)19(27)26-18-4-2-1-3-17(18)23/h1-11H,23H2,(H,26,27)(H2,24,25,28). The molecule has 0 atom stereocenters. The van der Waals surface area contributed by atoms with Crippen LogP contribution < -0.4 is 21.7 Å². The number of carbonyl (C=O) groups is 2. The van der Waals surface area contributed by atoms with E-state index in [1.54, 1.807) is 48.5 Å². The number of rotatable bonds is 4. The Morgan fingerprint density at radius 3 is 2.18 bits per heavy atom. The lowest BCUT2D eigenvalue weighted by molar-refractivity contribution is 0.102.